The first kappa shape index (κ1) is 21.2. The Bertz CT molecular complexity index is 1130. The van der Waals surface area contributed by atoms with Crippen molar-refractivity contribution >= 4 is 27.5 Å². The van der Waals surface area contributed by atoms with E-state index in [1.165, 1.54) is 10.3 Å². The first-order valence-corrected chi connectivity index (χ1v) is 11.6. The molecule has 160 valence electrons. The second-order valence-electron chi connectivity index (χ2n) is 7.85. The molecule has 0 aliphatic heterocycles. The third kappa shape index (κ3) is 5.39. The molecule has 0 bridgehead atoms. The number of rotatable bonds is 9. The summed E-state index contributed by atoms with van der Waals surface area (Å²) >= 11 is 1.75. The summed E-state index contributed by atoms with van der Waals surface area (Å²) in [6.07, 6.45) is 3.31. The van der Waals surface area contributed by atoms with Crippen LogP contribution in [0.15, 0.2) is 54.6 Å². The molecule has 1 N–H and O–H groups in total. The van der Waals surface area contributed by atoms with Crippen LogP contribution in [0.25, 0.3) is 10.2 Å². The summed E-state index contributed by atoms with van der Waals surface area (Å²) in [7, 11) is 0. The summed E-state index contributed by atoms with van der Waals surface area (Å²) in [4.78, 5) is 17.0. The highest BCUT2D eigenvalue weighted by Crippen LogP contribution is 2.23. The third-order valence-electron chi connectivity index (χ3n) is 5.55. The number of unbranched alkanes of at least 4 members (excludes halogenated alkanes) is 1. The number of benzene rings is 2. The Morgan fingerprint density at radius 3 is 2.61 bits per heavy atom. The van der Waals surface area contributed by atoms with Gasteiger partial charge < -0.3 is 5.32 Å². The van der Waals surface area contributed by atoms with Crippen molar-refractivity contribution in [3.63, 3.8) is 0 Å². The van der Waals surface area contributed by atoms with E-state index in [1.807, 2.05) is 41.9 Å². The topological polar surface area (TPSA) is 59.8 Å². The maximum Gasteiger partial charge on any atom is 0.220 e. The first-order chi connectivity index (χ1) is 15.1. The van der Waals surface area contributed by atoms with Crippen molar-refractivity contribution in [2.75, 3.05) is 0 Å². The van der Waals surface area contributed by atoms with Crippen LogP contribution >= 0.6 is 11.3 Å². The number of hydrogen-bond acceptors (Lipinski definition) is 4. The molecule has 0 aliphatic rings. The fraction of sp³-hybridized carbons (Fsp3) is 0.320. The molecule has 0 fully saturated rings. The van der Waals surface area contributed by atoms with E-state index in [9.17, 15) is 4.79 Å². The van der Waals surface area contributed by atoms with E-state index in [1.54, 1.807) is 11.3 Å². The van der Waals surface area contributed by atoms with Crippen LogP contribution in [-0.4, -0.2) is 20.7 Å². The fourth-order valence-corrected chi connectivity index (χ4v) is 4.77. The van der Waals surface area contributed by atoms with Gasteiger partial charge >= 0.3 is 0 Å². The Labute approximate surface area is 187 Å². The molecular formula is C25H28N4OS. The van der Waals surface area contributed by atoms with Gasteiger partial charge in [-0.2, -0.15) is 5.10 Å². The maximum absolute atomic E-state index is 12.3. The number of aryl methyl sites for hydroxylation is 2. The Morgan fingerprint density at radius 1 is 1.03 bits per heavy atom. The number of nitrogens with one attached hydrogen (secondary N) is 1. The number of carbonyl (C=O) groups excluding carboxylic acids is 1. The minimum Gasteiger partial charge on any atom is -0.352 e. The molecule has 0 atom stereocenters. The van der Waals surface area contributed by atoms with Gasteiger partial charge in [-0.25, -0.2) is 4.98 Å². The Balaban J connectivity index is 1.23. The molecule has 4 aromatic rings. The molecule has 2 aromatic carbocycles. The van der Waals surface area contributed by atoms with E-state index < -0.39 is 0 Å². The summed E-state index contributed by atoms with van der Waals surface area (Å²) in [5.41, 5.74) is 5.48. The van der Waals surface area contributed by atoms with Gasteiger partial charge in [0.25, 0.3) is 0 Å². The van der Waals surface area contributed by atoms with Gasteiger partial charge in [0.05, 0.1) is 27.5 Å². The highest BCUT2D eigenvalue weighted by molar-refractivity contribution is 7.18. The van der Waals surface area contributed by atoms with Gasteiger partial charge in [-0.3, -0.25) is 9.48 Å². The molecule has 0 unspecified atom stereocenters. The van der Waals surface area contributed by atoms with Crippen LogP contribution in [0.1, 0.15) is 46.8 Å². The summed E-state index contributed by atoms with van der Waals surface area (Å²) in [5.74, 6) is 0.0962. The average molecular weight is 433 g/mol. The summed E-state index contributed by atoms with van der Waals surface area (Å²) in [6.45, 7) is 5.35. The average Bonchev–Trinajstić information content (AvgIpc) is 3.30. The summed E-state index contributed by atoms with van der Waals surface area (Å²) in [5, 5.41) is 8.89. The fourth-order valence-electron chi connectivity index (χ4n) is 3.76. The molecule has 2 heterocycles. The Kier molecular flexibility index (Phi) is 6.77. The van der Waals surface area contributed by atoms with Gasteiger partial charge in [-0.05, 0) is 50.8 Å². The molecule has 5 nitrogen and oxygen atoms in total. The summed E-state index contributed by atoms with van der Waals surface area (Å²) < 4.78 is 3.25. The molecule has 6 heteroatoms. The van der Waals surface area contributed by atoms with E-state index in [4.69, 9.17) is 0 Å². The second-order valence-corrected chi connectivity index (χ2v) is 8.97. The minimum atomic E-state index is 0.0962. The number of fused-ring (bicyclic) bond motifs is 1. The molecular weight excluding hydrogens is 404 g/mol. The number of carbonyl (C=O) groups is 1. The predicted octanol–water partition coefficient (Wildman–Crippen LogP) is 5.19. The molecule has 4 rings (SSSR count). The number of hydrogen-bond donors (Lipinski definition) is 1. The van der Waals surface area contributed by atoms with Gasteiger partial charge in [0.2, 0.25) is 5.91 Å². The lowest BCUT2D eigenvalue weighted by Crippen LogP contribution is -2.23. The van der Waals surface area contributed by atoms with Crippen molar-refractivity contribution in [1.82, 2.24) is 20.1 Å². The highest BCUT2D eigenvalue weighted by atomic mass is 32.1. The van der Waals surface area contributed by atoms with Gasteiger partial charge in [0.15, 0.2) is 0 Å². The standard InChI is InChI=1S/C25H28N4OS/c1-18-21(19(2)29(28-18)17-20-10-4-3-5-11-20)16-26-24(30)14-8-9-15-25-27-22-12-6-7-13-23(22)31-25/h3-7,10-13H,8-9,14-17H2,1-2H3,(H,26,30). The quantitative estimate of drug-likeness (QED) is 0.370. The lowest BCUT2D eigenvalue weighted by atomic mass is 10.1. The number of aromatic nitrogens is 3. The third-order valence-corrected chi connectivity index (χ3v) is 6.65. The maximum atomic E-state index is 12.3. The number of nitrogens with zero attached hydrogens (tertiary/aromatic N) is 3. The molecule has 0 spiro atoms. The minimum absolute atomic E-state index is 0.0962. The van der Waals surface area contributed by atoms with Crippen LogP contribution in [0.2, 0.25) is 0 Å². The van der Waals surface area contributed by atoms with E-state index in [-0.39, 0.29) is 5.91 Å². The number of para-hydroxylation sites is 1. The van der Waals surface area contributed by atoms with Crippen LogP contribution in [-0.2, 0) is 24.3 Å². The number of amides is 1. The molecule has 0 radical (unpaired) electrons. The van der Waals surface area contributed by atoms with Crippen LogP contribution in [0.3, 0.4) is 0 Å². The highest BCUT2D eigenvalue weighted by Gasteiger charge is 2.13. The summed E-state index contributed by atoms with van der Waals surface area (Å²) in [6, 6.07) is 18.5. The van der Waals surface area contributed by atoms with Crippen molar-refractivity contribution < 1.29 is 4.79 Å². The van der Waals surface area contributed by atoms with Crippen molar-refractivity contribution in [3.05, 3.63) is 82.1 Å². The molecule has 0 saturated carbocycles. The van der Waals surface area contributed by atoms with Crippen molar-refractivity contribution in [2.24, 2.45) is 0 Å². The van der Waals surface area contributed by atoms with Crippen LogP contribution in [0, 0.1) is 13.8 Å². The Morgan fingerprint density at radius 2 is 1.81 bits per heavy atom. The molecule has 2 aromatic heterocycles. The van der Waals surface area contributed by atoms with Gasteiger partial charge in [0, 0.05) is 24.2 Å². The smallest absolute Gasteiger partial charge is 0.220 e. The second kappa shape index (κ2) is 9.88. The van der Waals surface area contributed by atoms with E-state index >= 15 is 0 Å². The monoisotopic (exact) mass is 432 g/mol. The van der Waals surface area contributed by atoms with E-state index in [0.29, 0.717) is 13.0 Å². The normalized spacial score (nSPS) is 11.2. The van der Waals surface area contributed by atoms with Crippen molar-refractivity contribution in [3.8, 4) is 0 Å². The van der Waals surface area contributed by atoms with Crippen LogP contribution < -0.4 is 5.32 Å². The molecule has 1 amide bonds. The number of thiazole rings is 1. The largest absolute Gasteiger partial charge is 0.352 e. The lowest BCUT2D eigenvalue weighted by molar-refractivity contribution is -0.121. The molecule has 31 heavy (non-hydrogen) atoms. The van der Waals surface area contributed by atoms with Crippen LogP contribution in [0.5, 0.6) is 0 Å². The van der Waals surface area contributed by atoms with Gasteiger partial charge in [-0.1, -0.05) is 42.5 Å². The SMILES string of the molecule is Cc1nn(Cc2ccccc2)c(C)c1CNC(=O)CCCCc1nc2ccccc2s1. The Hall–Kier alpha value is -2.99. The molecule has 0 aliphatic carbocycles. The van der Waals surface area contributed by atoms with Gasteiger partial charge in [0.1, 0.15) is 0 Å². The zero-order chi connectivity index (χ0) is 21.6. The van der Waals surface area contributed by atoms with E-state index in [0.717, 1.165) is 53.3 Å². The first-order valence-electron chi connectivity index (χ1n) is 10.8. The predicted molar refractivity (Wildman–Crippen MR) is 126 cm³/mol. The lowest BCUT2D eigenvalue weighted by Gasteiger charge is -2.07. The molecule has 0 saturated heterocycles. The van der Waals surface area contributed by atoms with Crippen LogP contribution in [0.4, 0.5) is 0 Å². The van der Waals surface area contributed by atoms with Gasteiger partial charge in [-0.15, -0.1) is 11.3 Å². The van der Waals surface area contributed by atoms with Crippen molar-refractivity contribution in [1.29, 1.82) is 0 Å². The van der Waals surface area contributed by atoms with E-state index in [2.05, 4.69) is 46.6 Å². The zero-order valence-electron chi connectivity index (χ0n) is 18.1. The van der Waals surface area contributed by atoms with Crippen molar-refractivity contribution in [2.45, 2.75) is 52.6 Å². The zero-order valence-corrected chi connectivity index (χ0v) is 18.9.